The van der Waals surface area contributed by atoms with Crippen LogP contribution in [0, 0.1) is 0 Å². The van der Waals surface area contributed by atoms with E-state index in [2.05, 4.69) is 5.32 Å². The SMILES string of the molecule is CCOC(=O)CC=Cc1ccc2c(c1)NC(=O)CO2. The van der Waals surface area contributed by atoms with Crippen LogP contribution < -0.4 is 10.1 Å². The molecule has 1 aromatic rings. The average Bonchev–Trinajstić information content (AvgIpc) is 2.38. The Labute approximate surface area is 111 Å². The fraction of sp³-hybridized carbons (Fsp3) is 0.286. The van der Waals surface area contributed by atoms with Gasteiger partial charge in [0, 0.05) is 0 Å². The van der Waals surface area contributed by atoms with Gasteiger partial charge in [0.1, 0.15) is 5.75 Å². The number of rotatable bonds is 4. The van der Waals surface area contributed by atoms with E-state index in [9.17, 15) is 9.59 Å². The minimum absolute atomic E-state index is 0.0467. The largest absolute Gasteiger partial charge is 0.482 e. The Morgan fingerprint density at radius 2 is 2.37 bits per heavy atom. The minimum atomic E-state index is -0.256. The lowest BCUT2D eigenvalue weighted by molar-refractivity contribution is -0.142. The second-order valence-corrected chi connectivity index (χ2v) is 4.00. The number of carbonyl (C=O) groups excluding carboxylic acids is 2. The second kappa shape index (κ2) is 6.04. The van der Waals surface area contributed by atoms with Gasteiger partial charge in [0.15, 0.2) is 6.61 Å². The zero-order valence-corrected chi connectivity index (χ0v) is 10.6. The van der Waals surface area contributed by atoms with Crippen LogP contribution in [0.3, 0.4) is 0 Å². The van der Waals surface area contributed by atoms with Gasteiger partial charge in [0.05, 0.1) is 18.7 Å². The van der Waals surface area contributed by atoms with E-state index in [-0.39, 0.29) is 24.9 Å². The van der Waals surface area contributed by atoms with Crippen LogP contribution >= 0.6 is 0 Å². The standard InChI is InChI=1S/C14H15NO4/c1-2-18-14(17)5-3-4-10-6-7-12-11(8-10)15-13(16)9-19-12/h3-4,6-8H,2,5,9H2,1H3,(H,15,16). The van der Waals surface area contributed by atoms with E-state index < -0.39 is 0 Å². The molecule has 0 radical (unpaired) electrons. The number of hydrogen-bond donors (Lipinski definition) is 1. The Bertz CT molecular complexity index is 522. The van der Waals surface area contributed by atoms with E-state index in [1.807, 2.05) is 6.07 Å². The maximum absolute atomic E-state index is 11.2. The summed E-state index contributed by atoms with van der Waals surface area (Å²) in [5.41, 5.74) is 1.53. The molecule has 100 valence electrons. The Kier molecular flexibility index (Phi) is 4.18. The van der Waals surface area contributed by atoms with Gasteiger partial charge in [-0.3, -0.25) is 9.59 Å². The molecule has 0 aliphatic carbocycles. The van der Waals surface area contributed by atoms with Gasteiger partial charge < -0.3 is 14.8 Å². The second-order valence-electron chi connectivity index (χ2n) is 4.00. The summed E-state index contributed by atoms with van der Waals surface area (Å²) in [7, 11) is 0. The lowest BCUT2D eigenvalue weighted by Gasteiger charge is -2.17. The molecule has 1 aromatic carbocycles. The minimum Gasteiger partial charge on any atom is -0.482 e. The summed E-state index contributed by atoms with van der Waals surface area (Å²) in [6.07, 6.45) is 3.76. The number of hydrogen-bond acceptors (Lipinski definition) is 4. The first kappa shape index (κ1) is 13.1. The molecular formula is C14H15NO4. The van der Waals surface area contributed by atoms with Gasteiger partial charge >= 0.3 is 5.97 Å². The Morgan fingerprint density at radius 1 is 1.53 bits per heavy atom. The lowest BCUT2D eigenvalue weighted by atomic mass is 10.1. The van der Waals surface area contributed by atoms with Gasteiger partial charge in [0.25, 0.3) is 5.91 Å². The lowest BCUT2D eigenvalue weighted by Crippen LogP contribution is -2.25. The van der Waals surface area contributed by atoms with Crippen LogP contribution in [0.15, 0.2) is 24.3 Å². The summed E-state index contributed by atoms with van der Waals surface area (Å²) in [6, 6.07) is 5.45. The van der Waals surface area contributed by atoms with E-state index in [1.165, 1.54) is 0 Å². The van der Waals surface area contributed by atoms with Crippen molar-refractivity contribution in [2.45, 2.75) is 13.3 Å². The number of nitrogens with one attached hydrogen (secondary N) is 1. The highest BCUT2D eigenvalue weighted by Gasteiger charge is 2.15. The molecule has 0 atom stereocenters. The molecule has 0 aromatic heterocycles. The Morgan fingerprint density at radius 3 is 3.16 bits per heavy atom. The molecule has 0 fully saturated rings. The highest BCUT2D eigenvalue weighted by atomic mass is 16.5. The van der Waals surface area contributed by atoms with Crippen molar-refractivity contribution in [3.63, 3.8) is 0 Å². The molecule has 1 aliphatic rings. The first-order valence-corrected chi connectivity index (χ1v) is 6.08. The number of anilines is 1. The molecule has 0 unspecified atom stereocenters. The number of benzene rings is 1. The maximum Gasteiger partial charge on any atom is 0.309 e. The quantitative estimate of drug-likeness (QED) is 0.842. The third kappa shape index (κ3) is 3.58. The zero-order chi connectivity index (χ0) is 13.7. The first-order chi connectivity index (χ1) is 9.19. The van der Waals surface area contributed by atoms with Crippen molar-refractivity contribution >= 4 is 23.6 Å². The van der Waals surface area contributed by atoms with E-state index >= 15 is 0 Å². The summed E-state index contributed by atoms with van der Waals surface area (Å²) in [6.45, 7) is 2.20. The molecule has 19 heavy (non-hydrogen) atoms. The monoisotopic (exact) mass is 261 g/mol. The van der Waals surface area contributed by atoms with Crippen LogP contribution in [-0.2, 0) is 14.3 Å². The summed E-state index contributed by atoms with van der Waals surface area (Å²) in [5, 5.41) is 2.73. The van der Waals surface area contributed by atoms with Crippen LogP contribution in [0.5, 0.6) is 5.75 Å². The molecule has 1 N–H and O–H groups in total. The highest BCUT2D eigenvalue weighted by molar-refractivity contribution is 5.95. The molecule has 5 nitrogen and oxygen atoms in total. The van der Waals surface area contributed by atoms with Crippen LogP contribution in [0.25, 0.3) is 6.08 Å². The van der Waals surface area contributed by atoms with Gasteiger partial charge in [-0.05, 0) is 24.6 Å². The van der Waals surface area contributed by atoms with Crippen molar-refractivity contribution in [1.82, 2.24) is 0 Å². The van der Waals surface area contributed by atoms with E-state index in [4.69, 9.17) is 9.47 Å². The summed E-state index contributed by atoms with van der Waals surface area (Å²) in [4.78, 5) is 22.4. The van der Waals surface area contributed by atoms with Gasteiger partial charge in [-0.15, -0.1) is 0 Å². The summed E-state index contributed by atoms with van der Waals surface area (Å²) < 4.78 is 10.1. The van der Waals surface area contributed by atoms with Gasteiger partial charge in [0.2, 0.25) is 0 Å². The van der Waals surface area contributed by atoms with E-state index in [0.29, 0.717) is 18.0 Å². The average molecular weight is 261 g/mol. The van der Waals surface area contributed by atoms with Crippen LogP contribution in [-0.4, -0.2) is 25.1 Å². The topological polar surface area (TPSA) is 64.6 Å². The molecule has 0 saturated carbocycles. The number of esters is 1. The number of fused-ring (bicyclic) bond motifs is 1. The third-order valence-corrected chi connectivity index (χ3v) is 2.54. The van der Waals surface area contributed by atoms with Crippen LogP contribution in [0.1, 0.15) is 18.9 Å². The number of carbonyl (C=O) groups is 2. The fourth-order valence-electron chi connectivity index (χ4n) is 1.72. The molecule has 1 amide bonds. The molecular weight excluding hydrogens is 246 g/mol. The van der Waals surface area contributed by atoms with Gasteiger partial charge in [-0.1, -0.05) is 18.2 Å². The van der Waals surface area contributed by atoms with Crippen molar-refractivity contribution in [3.8, 4) is 5.75 Å². The van der Waals surface area contributed by atoms with Crippen LogP contribution in [0.2, 0.25) is 0 Å². The summed E-state index contributed by atoms with van der Waals surface area (Å²) in [5.74, 6) is 0.232. The van der Waals surface area contributed by atoms with E-state index in [0.717, 1.165) is 5.56 Å². The van der Waals surface area contributed by atoms with Crippen molar-refractivity contribution in [2.75, 3.05) is 18.5 Å². The van der Waals surface area contributed by atoms with Crippen molar-refractivity contribution < 1.29 is 19.1 Å². The van der Waals surface area contributed by atoms with Crippen LogP contribution in [0.4, 0.5) is 5.69 Å². The Balaban J connectivity index is 2.02. The molecule has 0 bridgehead atoms. The van der Waals surface area contributed by atoms with Gasteiger partial charge in [-0.2, -0.15) is 0 Å². The molecule has 0 saturated heterocycles. The predicted octanol–water partition coefficient (Wildman–Crippen LogP) is 1.98. The van der Waals surface area contributed by atoms with Crippen molar-refractivity contribution in [3.05, 3.63) is 29.8 Å². The van der Waals surface area contributed by atoms with Gasteiger partial charge in [-0.25, -0.2) is 0 Å². The fourth-order valence-corrected chi connectivity index (χ4v) is 1.72. The molecule has 0 spiro atoms. The first-order valence-electron chi connectivity index (χ1n) is 6.08. The number of amides is 1. The molecule has 5 heteroatoms. The Hall–Kier alpha value is -2.30. The molecule has 1 aliphatic heterocycles. The molecule has 2 rings (SSSR count). The predicted molar refractivity (Wildman–Crippen MR) is 70.9 cm³/mol. The third-order valence-electron chi connectivity index (χ3n) is 2.54. The normalized spacial score (nSPS) is 13.6. The molecule has 1 heterocycles. The maximum atomic E-state index is 11.2. The summed E-state index contributed by atoms with van der Waals surface area (Å²) >= 11 is 0. The highest BCUT2D eigenvalue weighted by Crippen LogP contribution is 2.28. The number of ether oxygens (including phenoxy) is 2. The van der Waals surface area contributed by atoms with E-state index in [1.54, 1.807) is 31.2 Å². The van der Waals surface area contributed by atoms with Crippen molar-refractivity contribution in [1.29, 1.82) is 0 Å². The smallest absolute Gasteiger partial charge is 0.309 e. The zero-order valence-electron chi connectivity index (χ0n) is 10.6. The van der Waals surface area contributed by atoms with Crippen molar-refractivity contribution in [2.24, 2.45) is 0 Å².